The molecular formula is C8H10N2O4. The van der Waals surface area contributed by atoms with E-state index in [0.29, 0.717) is 6.61 Å². The predicted molar refractivity (Wildman–Crippen MR) is 50.3 cm³/mol. The average Bonchev–Trinajstić information content (AvgIpc) is 2.11. The molecule has 0 saturated carbocycles. The summed E-state index contributed by atoms with van der Waals surface area (Å²) in [6.45, 7) is 2.00. The predicted octanol–water partition coefficient (Wildman–Crippen LogP) is 1.28. The maximum atomic E-state index is 10.6. The molecule has 6 nitrogen and oxygen atoms in total. The van der Waals surface area contributed by atoms with Crippen molar-refractivity contribution in [1.29, 1.82) is 0 Å². The van der Waals surface area contributed by atoms with Crippen molar-refractivity contribution in [2.24, 2.45) is 0 Å². The van der Waals surface area contributed by atoms with Gasteiger partial charge in [-0.25, -0.2) is 0 Å². The summed E-state index contributed by atoms with van der Waals surface area (Å²) < 4.78 is 5.00. The van der Waals surface area contributed by atoms with Crippen molar-refractivity contribution in [3.8, 4) is 11.5 Å². The van der Waals surface area contributed by atoms with Gasteiger partial charge in [-0.1, -0.05) is 0 Å². The minimum Gasteiger partial charge on any atom is -0.506 e. The minimum atomic E-state index is -0.681. The van der Waals surface area contributed by atoms with E-state index < -0.39 is 10.6 Å². The van der Waals surface area contributed by atoms with Gasteiger partial charge in [-0.3, -0.25) is 10.1 Å². The van der Waals surface area contributed by atoms with Crippen molar-refractivity contribution in [3.05, 3.63) is 22.2 Å². The van der Waals surface area contributed by atoms with Gasteiger partial charge in [-0.2, -0.15) is 0 Å². The van der Waals surface area contributed by atoms with Gasteiger partial charge in [0.15, 0.2) is 11.4 Å². The number of hydrogen-bond acceptors (Lipinski definition) is 5. The molecule has 3 N–H and O–H groups in total. The molecule has 0 aliphatic carbocycles. The molecule has 0 spiro atoms. The monoisotopic (exact) mass is 198 g/mol. The summed E-state index contributed by atoms with van der Waals surface area (Å²) in [7, 11) is 0. The number of hydrogen-bond donors (Lipinski definition) is 2. The molecule has 6 heteroatoms. The lowest BCUT2D eigenvalue weighted by atomic mass is 10.2. The summed E-state index contributed by atoms with van der Waals surface area (Å²) in [5, 5.41) is 19.8. The lowest BCUT2D eigenvalue weighted by Crippen LogP contribution is -2.01. The number of phenolic OH excluding ortho intramolecular Hbond substituents is 1. The van der Waals surface area contributed by atoms with Gasteiger partial charge < -0.3 is 15.6 Å². The first-order chi connectivity index (χ1) is 6.57. The maximum Gasteiger partial charge on any atom is 0.337 e. The van der Waals surface area contributed by atoms with Gasteiger partial charge in [0.1, 0.15) is 5.75 Å². The van der Waals surface area contributed by atoms with E-state index >= 15 is 0 Å². The van der Waals surface area contributed by atoms with Crippen LogP contribution < -0.4 is 10.5 Å². The Morgan fingerprint density at radius 2 is 2.29 bits per heavy atom. The zero-order valence-electron chi connectivity index (χ0n) is 7.56. The Labute approximate surface area is 80.1 Å². The number of nitro benzene ring substituents is 1. The highest BCUT2D eigenvalue weighted by Gasteiger charge is 2.22. The van der Waals surface area contributed by atoms with E-state index in [1.54, 1.807) is 6.92 Å². The van der Waals surface area contributed by atoms with Crippen LogP contribution in [0.3, 0.4) is 0 Å². The summed E-state index contributed by atoms with van der Waals surface area (Å²) in [6, 6.07) is 2.57. The van der Waals surface area contributed by atoms with Crippen LogP contribution in [0.2, 0.25) is 0 Å². The van der Waals surface area contributed by atoms with Crippen LogP contribution >= 0.6 is 0 Å². The number of ether oxygens (including phenoxy) is 1. The van der Waals surface area contributed by atoms with E-state index in [1.807, 2.05) is 0 Å². The van der Waals surface area contributed by atoms with Crippen LogP contribution in [0.1, 0.15) is 6.92 Å². The number of rotatable bonds is 3. The first kappa shape index (κ1) is 10.1. The molecular weight excluding hydrogens is 188 g/mol. The van der Waals surface area contributed by atoms with Gasteiger partial charge in [0.25, 0.3) is 0 Å². The Hall–Kier alpha value is -1.98. The fourth-order valence-electron chi connectivity index (χ4n) is 1.04. The van der Waals surface area contributed by atoms with Crippen LogP contribution in [0.15, 0.2) is 12.1 Å². The van der Waals surface area contributed by atoms with Gasteiger partial charge in [0.2, 0.25) is 0 Å². The lowest BCUT2D eigenvalue weighted by molar-refractivity contribution is -0.384. The quantitative estimate of drug-likeness (QED) is 0.330. The van der Waals surface area contributed by atoms with Crippen molar-refractivity contribution in [1.82, 2.24) is 0 Å². The fourth-order valence-corrected chi connectivity index (χ4v) is 1.04. The van der Waals surface area contributed by atoms with Crippen molar-refractivity contribution in [2.75, 3.05) is 12.3 Å². The Morgan fingerprint density at radius 3 is 2.79 bits per heavy atom. The third-order valence-electron chi connectivity index (χ3n) is 1.64. The molecule has 0 amide bonds. The molecule has 0 saturated heterocycles. The lowest BCUT2D eigenvalue weighted by Gasteiger charge is -2.06. The van der Waals surface area contributed by atoms with Crippen LogP contribution in [-0.4, -0.2) is 16.6 Å². The number of aromatic hydroxyl groups is 1. The second-order valence-electron chi connectivity index (χ2n) is 2.54. The number of nitro groups is 1. The molecule has 0 fully saturated rings. The highest BCUT2D eigenvalue weighted by atomic mass is 16.6. The van der Waals surface area contributed by atoms with E-state index in [2.05, 4.69) is 0 Å². The molecule has 0 aliphatic heterocycles. The normalized spacial score (nSPS) is 9.79. The van der Waals surface area contributed by atoms with Gasteiger partial charge in [-0.05, 0) is 19.1 Å². The smallest absolute Gasteiger partial charge is 0.337 e. The molecule has 0 radical (unpaired) electrons. The standard InChI is InChI=1S/C8H10N2O4/c1-2-14-6-4-3-5(11)7(9)8(6)10(12)13/h3-4,11H,2,9H2,1H3. The molecule has 1 aromatic rings. The largest absolute Gasteiger partial charge is 0.506 e. The molecule has 1 rings (SSSR count). The van der Waals surface area contributed by atoms with Gasteiger partial charge >= 0.3 is 5.69 Å². The van der Waals surface area contributed by atoms with Crippen molar-refractivity contribution in [2.45, 2.75) is 6.92 Å². The number of nitrogen functional groups attached to an aromatic ring is 1. The Kier molecular flexibility index (Phi) is 2.76. The van der Waals surface area contributed by atoms with Gasteiger partial charge in [-0.15, -0.1) is 0 Å². The molecule has 0 atom stereocenters. The van der Waals surface area contributed by atoms with E-state index in [0.717, 1.165) is 0 Å². The molecule has 0 aliphatic rings. The SMILES string of the molecule is CCOc1ccc(O)c(N)c1[N+](=O)[O-]. The van der Waals surface area contributed by atoms with E-state index in [1.165, 1.54) is 12.1 Å². The third-order valence-corrected chi connectivity index (χ3v) is 1.64. The molecule has 0 unspecified atom stereocenters. The zero-order valence-corrected chi connectivity index (χ0v) is 7.56. The topological polar surface area (TPSA) is 98.6 Å². The Balaban J connectivity index is 3.30. The number of nitrogens with zero attached hydrogens (tertiary/aromatic N) is 1. The summed E-state index contributed by atoms with van der Waals surface area (Å²) in [4.78, 5) is 9.92. The van der Waals surface area contributed by atoms with E-state index in [9.17, 15) is 10.1 Å². The van der Waals surface area contributed by atoms with Crippen LogP contribution in [0.5, 0.6) is 11.5 Å². The molecule has 0 bridgehead atoms. The fraction of sp³-hybridized carbons (Fsp3) is 0.250. The van der Waals surface area contributed by atoms with Crippen LogP contribution in [0.25, 0.3) is 0 Å². The number of phenols is 1. The number of nitrogens with two attached hydrogens (primary N) is 1. The highest BCUT2D eigenvalue weighted by Crippen LogP contribution is 2.38. The van der Waals surface area contributed by atoms with Crippen LogP contribution in [-0.2, 0) is 0 Å². The molecule has 0 heterocycles. The van der Waals surface area contributed by atoms with Crippen molar-refractivity contribution >= 4 is 11.4 Å². The van der Waals surface area contributed by atoms with E-state index in [4.69, 9.17) is 15.6 Å². The highest BCUT2D eigenvalue weighted by molar-refractivity contribution is 5.72. The van der Waals surface area contributed by atoms with Gasteiger partial charge in [0.05, 0.1) is 11.5 Å². The molecule has 14 heavy (non-hydrogen) atoms. The number of benzene rings is 1. The van der Waals surface area contributed by atoms with Crippen LogP contribution in [0, 0.1) is 10.1 Å². The summed E-state index contributed by atoms with van der Waals surface area (Å²) >= 11 is 0. The van der Waals surface area contributed by atoms with Crippen molar-refractivity contribution < 1.29 is 14.8 Å². The second-order valence-corrected chi connectivity index (χ2v) is 2.54. The van der Waals surface area contributed by atoms with Crippen molar-refractivity contribution in [3.63, 3.8) is 0 Å². The Bertz CT molecular complexity index is 365. The van der Waals surface area contributed by atoms with E-state index in [-0.39, 0.29) is 17.2 Å². The second kappa shape index (κ2) is 3.82. The first-order valence-corrected chi connectivity index (χ1v) is 3.96. The van der Waals surface area contributed by atoms with Crippen LogP contribution in [0.4, 0.5) is 11.4 Å². The minimum absolute atomic E-state index is 0.0628. The summed E-state index contributed by atoms with van der Waals surface area (Å²) in [5.41, 5.74) is 4.67. The molecule has 76 valence electrons. The average molecular weight is 198 g/mol. The first-order valence-electron chi connectivity index (χ1n) is 3.96. The maximum absolute atomic E-state index is 10.6. The third kappa shape index (κ3) is 1.68. The molecule has 0 aromatic heterocycles. The number of anilines is 1. The van der Waals surface area contributed by atoms with Gasteiger partial charge in [0, 0.05) is 0 Å². The Morgan fingerprint density at radius 1 is 1.64 bits per heavy atom. The summed E-state index contributed by atoms with van der Waals surface area (Å²) in [6.07, 6.45) is 0. The zero-order chi connectivity index (χ0) is 10.7. The summed E-state index contributed by atoms with van der Waals surface area (Å²) in [5.74, 6) is -0.257. The molecule has 1 aromatic carbocycles.